The first-order valence-electron chi connectivity index (χ1n) is 9.35. The largest absolute Gasteiger partial charge is 0.393 e. The minimum absolute atomic E-state index is 0.0827. The molecule has 0 aliphatic heterocycles. The first-order valence-corrected chi connectivity index (χ1v) is 9.35. The lowest BCUT2D eigenvalue weighted by Crippen LogP contribution is -2.38. The molecule has 0 atom stereocenters. The summed E-state index contributed by atoms with van der Waals surface area (Å²) in [6, 6.07) is 5.84. The van der Waals surface area contributed by atoms with E-state index in [-0.39, 0.29) is 29.8 Å². The Labute approximate surface area is 146 Å². The zero-order valence-electron chi connectivity index (χ0n) is 14.3. The third-order valence-corrected chi connectivity index (χ3v) is 5.70. The van der Waals surface area contributed by atoms with Crippen LogP contribution in [0.4, 0.5) is 0 Å². The summed E-state index contributed by atoms with van der Waals surface area (Å²) in [7, 11) is 0. The Morgan fingerprint density at radius 1 is 1.12 bits per heavy atom. The minimum Gasteiger partial charge on any atom is -0.393 e. The average molecular weight is 343 g/mol. The fourth-order valence-electron chi connectivity index (χ4n) is 4.29. The molecule has 1 amide bonds. The van der Waals surface area contributed by atoms with E-state index in [0.717, 1.165) is 49.6 Å². The molecule has 2 saturated carbocycles. The fourth-order valence-corrected chi connectivity index (χ4v) is 4.29. The molecule has 2 fully saturated rings. The van der Waals surface area contributed by atoms with Gasteiger partial charge in [-0.1, -0.05) is 12.8 Å². The molecule has 0 radical (unpaired) electrons. The molecule has 0 unspecified atom stereocenters. The Bertz CT molecular complexity index is 824. The Morgan fingerprint density at radius 3 is 2.56 bits per heavy atom. The van der Waals surface area contributed by atoms with Crippen LogP contribution in [0.1, 0.15) is 67.8 Å². The first kappa shape index (κ1) is 16.4. The molecule has 6 nitrogen and oxygen atoms in total. The summed E-state index contributed by atoms with van der Waals surface area (Å²) < 4.78 is 1.85. The second kappa shape index (κ2) is 6.67. The predicted octanol–water partition coefficient (Wildman–Crippen LogP) is 2.48. The van der Waals surface area contributed by atoms with Crippen LogP contribution in [0.3, 0.4) is 0 Å². The van der Waals surface area contributed by atoms with Gasteiger partial charge in [0.05, 0.1) is 17.1 Å². The number of aromatic nitrogens is 2. The zero-order valence-corrected chi connectivity index (χ0v) is 14.3. The lowest BCUT2D eigenvalue weighted by molar-refractivity contribution is 0.0868. The normalized spacial score (nSPS) is 24.7. The Balaban J connectivity index is 1.55. The number of nitrogens with zero attached hydrogens (tertiary/aromatic N) is 1. The maximum absolute atomic E-state index is 12.5. The van der Waals surface area contributed by atoms with Crippen LogP contribution in [-0.4, -0.2) is 32.7 Å². The maximum Gasteiger partial charge on any atom is 0.326 e. The van der Waals surface area contributed by atoms with Gasteiger partial charge in [-0.05, 0) is 56.7 Å². The number of carbonyl (C=O) groups excluding carboxylic acids is 1. The van der Waals surface area contributed by atoms with E-state index in [1.54, 1.807) is 12.1 Å². The minimum atomic E-state index is -0.232. The van der Waals surface area contributed by atoms with Crippen LogP contribution in [0.15, 0.2) is 23.0 Å². The number of fused-ring (bicyclic) bond motifs is 1. The fraction of sp³-hybridized carbons (Fsp3) is 0.579. The van der Waals surface area contributed by atoms with E-state index < -0.39 is 0 Å². The maximum atomic E-state index is 12.5. The number of amides is 1. The highest BCUT2D eigenvalue weighted by Crippen LogP contribution is 2.30. The molecular weight excluding hydrogens is 318 g/mol. The number of nitrogens with one attached hydrogen (secondary N) is 2. The molecule has 0 bridgehead atoms. The molecule has 6 heteroatoms. The van der Waals surface area contributed by atoms with E-state index in [0.29, 0.717) is 5.56 Å². The van der Waals surface area contributed by atoms with Gasteiger partial charge in [0.1, 0.15) is 0 Å². The van der Waals surface area contributed by atoms with Gasteiger partial charge in [-0.25, -0.2) is 4.79 Å². The quantitative estimate of drug-likeness (QED) is 0.800. The monoisotopic (exact) mass is 343 g/mol. The molecule has 1 aromatic carbocycles. The highest BCUT2D eigenvalue weighted by molar-refractivity contribution is 5.97. The standard InChI is InChI=1S/C19H25N3O3/c23-15-8-6-13(7-9-15)20-18(24)12-5-10-17-16(11-12)21-19(25)22(17)14-3-1-2-4-14/h5,10-11,13-15,23H,1-4,6-9H2,(H,20,24)(H,21,25). The zero-order chi connectivity index (χ0) is 17.4. The summed E-state index contributed by atoms with van der Waals surface area (Å²) in [6.45, 7) is 0. The van der Waals surface area contributed by atoms with Gasteiger partial charge in [0.25, 0.3) is 5.91 Å². The van der Waals surface area contributed by atoms with Crippen LogP contribution in [0.25, 0.3) is 11.0 Å². The van der Waals surface area contributed by atoms with Crippen molar-refractivity contribution in [3.63, 3.8) is 0 Å². The van der Waals surface area contributed by atoms with Gasteiger partial charge in [-0.2, -0.15) is 0 Å². The Morgan fingerprint density at radius 2 is 1.84 bits per heavy atom. The number of aliphatic hydroxyl groups is 1. The summed E-state index contributed by atoms with van der Waals surface area (Å²) in [5, 5.41) is 12.6. The summed E-state index contributed by atoms with van der Waals surface area (Å²) >= 11 is 0. The molecule has 134 valence electrons. The number of carbonyl (C=O) groups is 1. The topological polar surface area (TPSA) is 87.1 Å². The number of aliphatic hydroxyl groups excluding tert-OH is 1. The van der Waals surface area contributed by atoms with E-state index in [1.165, 1.54) is 12.8 Å². The third-order valence-electron chi connectivity index (χ3n) is 5.70. The SMILES string of the molecule is O=C(NC1CCC(O)CC1)c1ccc2c(c1)[nH]c(=O)n2C1CCCC1. The number of imidazole rings is 1. The van der Waals surface area contributed by atoms with Gasteiger partial charge in [-0.15, -0.1) is 0 Å². The van der Waals surface area contributed by atoms with Crippen molar-refractivity contribution in [1.29, 1.82) is 0 Å². The molecule has 2 aromatic rings. The molecule has 1 aromatic heterocycles. The van der Waals surface area contributed by atoms with E-state index in [4.69, 9.17) is 0 Å². The Kier molecular flexibility index (Phi) is 4.37. The van der Waals surface area contributed by atoms with Gasteiger partial charge >= 0.3 is 5.69 Å². The lowest BCUT2D eigenvalue weighted by Gasteiger charge is -2.26. The summed E-state index contributed by atoms with van der Waals surface area (Å²) in [5.74, 6) is -0.113. The Hall–Kier alpha value is -2.08. The van der Waals surface area contributed by atoms with E-state index in [1.807, 2.05) is 10.6 Å². The van der Waals surface area contributed by atoms with Crippen LogP contribution >= 0.6 is 0 Å². The van der Waals surface area contributed by atoms with Crippen LogP contribution in [-0.2, 0) is 0 Å². The number of benzene rings is 1. The first-order chi connectivity index (χ1) is 12.1. The number of rotatable bonds is 3. The molecule has 0 saturated heterocycles. The number of aromatic amines is 1. The molecule has 4 rings (SSSR count). The van der Waals surface area contributed by atoms with E-state index in [9.17, 15) is 14.7 Å². The molecule has 25 heavy (non-hydrogen) atoms. The van der Waals surface area contributed by atoms with Gasteiger partial charge in [0, 0.05) is 17.6 Å². The van der Waals surface area contributed by atoms with Crippen LogP contribution in [0.5, 0.6) is 0 Å². The smallest absolute Gasteiger partial charge is 0.326 e. The summed E-state index contributed by atoms with van der Waals surface area (Å²) in [6.07, 6.45) is 7.29. The van der Waals surface area contributed by atoms with Gasteiger partial charge in [-0.3, -0.25) is 9.36 Å². The molecular formula is C19H25N3O3. The van der Waals surface area contributed by atoms with Crippen molar-refractivity contribution in [3.05, 3.63) is 34.2 Å². The van der Waals surface area contributed by atoms with Crippen LogP contribution in [0.2, 0.25) is 0 Å². The van der Waals surface area contributed by atoms with E-state index in [2.05, 4.69) is 10.3 Å². The van der Waals surface area contributed by atoms with Crippen molar-refractivity contribution in [2.45, 2.75) is 69.6 Å². The highest BCUT2D eigenvalue weighted by atomic mass is 16.3. The predicted molar refractivity (Wildman–Crippen MR) is 95.8 cm³/mol. The molecule has 0 spiro atoms. The number of H-pyrrole nitrogens is 1. The van der Waals surface area contributed by atoms with Crippen LogP contribution in [0, 0.1) is 0 Å². The van der Waals surface area contributed by atoms with Crippen molar-refractivity contribution in [1.82, 2.24) is 14.9 Å². The van der Waals surface area contributed by atoms with Gasteiger partial charge in [0.2, 0.25) is 0 Å². The summed E-state index contributed by atoms with van der Waals surface area (Å²) in [5.41, 5.74) is 2.09. The number of hydrogen-bond donors (Lipinski definition) is 3. The number of hydrogen-bond acceptors (Lipinski definition) is 3. The van der Waals surface area contributed by atoms with Crippen molar-refractivity contribution in [3.8, 4) is 0 Å². The van der Waals surface area contributed by atoms with E-state index >= 15 is 0 Å². The van der Waals surface area contributed by atoms with Gasteiger partial charge < -0.3 is 15.4 Å². The molecule has 3 N–H and O–H groups in total. The third kappa shape index (κ3) is 3.23. The molecule has 2 aliphatic carbocycles. The van der Waals surface area contributed by atoms with Crippen molar-refractivity contribution in [2.75, 3.05) is 0 Å². The van der Waals surface area contributed by atoms with Gasteiger partial charge in [0.15, 0.2) is 0 Å². The second-order valence-corrected chi connectivity index (χ2v) is 7.45. The van der Waals surface area contributed by atoms with Crippen molar-refractivity contribution >= 4 is 16.9 Å². The lowest BCUT2D eigenvalue weighted by atomic mass is 9.93. The average Bonchev–Trinajstić information content (AvgIpc) is 3.22. The highest BCUT2D eigenvalue weighted by Gasteiger charge is 2.23. The van der Waals surface area contributed by atoms with Crippen LogP contribution < -0.4 is 11.0 Å². The van der Waals surface area contributed by atoms with Crippen molar-refractivity contribution in [2.24, 2.45) is 0 Å². The molecule has 2 aliphatic rings. The summed E-state index contributed by atoms with van der Waals surface area (Å²) in [4.78, 5) is 27.8. The molecule has 1 heterocycles. The second-order valence-electron chi connectivity index (χ2n) is 7.45. The van der Waals surface area contributed by atoms with Crippen molar-refractivity contribution < 1.29 is 9.90 Å².